The normalized spacial score (nSPS) is 11.2. The van der Waals surface area contributed by atoms with E-state index in [1.165, 1.54) is 0 Å². The number of nitrogens with zero attached hydrogens (tertiary/aromatic N) is 5. The fourth-order valence-electron chi connectivity index (χ4n) is 1.78. The number of hydrogen-bond acceptors (Lipinski definition) is 3. The van der Waals surface area contributed by atoms with Gasteiger partial charge in [-0.15, -0.1) is 0 Å². The third-order valence-corrected chi connectivity index (χ3v) is 2.85. The van der Waals surface area contributed by atoms with Crippen LogP contribution < -0.4 is 0 Å². The van der Waals surface area contributed by atoms with Crippen molar-refractivity contribution in [3.63, 3.8) is 0 Å². The van der Waals surface area contributed by atoms with Crippen molar-refractivity contribution in [1.29, 1.82) is 0 Å². The molecule has 3 aromatic heterocycles. The van der Waals surface area contributed by atoms with Crippen LogP contribution in [-0.4, -0.2) is 24.4 Å². The van der Waals surface area contributed by atoms with Gasteiger partial charge in [-0.2, -0.15) is 14.7 Å². The van der Waals surface area contributed by atoms with Gasteiger partial charge in [0.05, 0.1) is 16.4 Å². The molecule has 0 unspecified atom stereocenters. The average Bonchev–Trinajstić information content (AvgIpc) is 2.82. The molecule has 0 spiro atoms. The van der Waals surface area contributed by atoms with Gasteiger partial charge in [0.25, 0.3) is 0 Å². The SMILES string of the molecule is Cc1cc(-n2cc(Br)cn2)n2nc(C)cc2n1. The van der Waals surface area contributed by atoms with E-state index in [4.69, 9.17) is 0 Å². The van der Waals surface area contributed by atoms with Crippen LogP contribution in [-0.2, 0) is 0 Å². The lowest BCUT2D eigenvalue weighted by molar-refractivity contribution is 0.772. The highest BCUT2D eigenvalue weighted by atomic mass is 79.9. The highest BCUT2D eigenvalue weighted by Gasteiger charge is 2.08. The van der Waals surface area contributed by atoms with Crippen molar-refractivity contribution >= 4 is 21.6 Å². The van der Waals surface area contributed by atoms with E-state index in [9.17, 15) is 0 Å². The van der Waals surface area contributed by atoms with Crippen LogP contribution >= 0.6 is 15.9 Å². The average molecular weight is 292 g/mol. The third kappa shape index (κ3) is 1.74. The molecule has 0 radical (unpaired) electrons. The van der Waals surface area contributed by atoms with Crippen LogP contribution in [0.5, 0.6) is 0 Å². The van der Waals surface area contributed by atoms with Crippen LogP contribution in [0.3, 0.4) is 0 Å². The summed E-state index contributed by atoms with van der Waals surface area (Å²) in [4.78, 5) is 4.44. The molecule has 0 aromatic carbocycles. The molecule has 0 saturated heterocycles. The van der Waals surface area contributed by atoms with Gasteiger partial charge in [0.1, 0.15) is 0 Å². The van der Waals surface area contributed by atoms with Gasteiger partial charge in [0.15, 0.2) is 11.5 Å². The molecule has 3 heterocycles. The summed E-state index contributed by atoms with van der Waals surface area (Å²) in [5, 5.41) is 8.69. The molecule has 6 heteroatoms. The molecule has 0 aliphatic carbocycles. The monoisotopic (exact) mass is 291 g/mol. The Labute approximate surface area is 106 Å². The molecule has 5 nitrogen and oxygen atoms in total. The fourth-order valence-corrected chi connectivity index (χ4v) is 2.07. The summed E-state index contributed by atoms with van der Waals surface area (Å²) >= 11 is 3.39. The topological polar surface area (TPSA) is 48.0 Å². The van der Waals surface area contributed by atoms with E-state index < -0.39 is 0 Å². The van der Waals surface area contributed by atoms with Crippen molar-refractivity contribution in [1.82, 2.24) is 24.4 Å². The molecule has 0 fully saturated rings. The molecule has 0 bridgehead atoms. The maximum Gasteiger partial charge on any atom is 0.159 e. The van der Waals surface area contributed by atoms with Gasteiger partial charge in [-0.1, -0.05) is 0 Å². The zero-order valence-corrected chi connectivity index (χ0v) is 11.0. The molecule has 3 aromatic rings. The second-order valence-electron chi connectivity index (χ2n) is 3.91. The van der Waals surface area contributed by atoms with Crippen LogP contribution in [0.2, 0.25) is 0 Å². The smallest absolute Gasteiger partial charge is 0.159 e. The molecule has 0 aliphatic heterocycles. The Hall–Kier alpha value is -1.69. The Morgan fingerprint density at radius 3 is 2.71 bits per heavy atom. The molecule has 0 saturated carbocycles. The zero-order chi connectivity index (χ0) is 12.0. The number of halogens is 1. The lowest BCUT2D eigenvalue weighted by Gasteiger charge is -2.05. The van der Waals surface area contributed by atoms with Gasteiger partial charge in [-0.25, -0.2) is 9.67 Å². The van der Waals surface area contributed by atoms with E-state index in [0.29, 0.717) is 0 Å². The zero-order valence-electron chi connectivity index (χ0n) is 9.42. The molecule has 86 valence electrons. The molecular formula is C11H10BrN5. The standard InChI is InChI=1S/C11H10BrN5/c1-7-4-11(16-6-9(12)5-13-16)17-10(14-7)3-8(2)15-17/h3-6H,1-2H3. The number of aryl methyl sites for hydroxylation is 2. The Bertz CT molecular complexity index is 697. The third-order valence-electron chi connectivity index (χ3n) is 2.44. The van der Waals surface area contributed by atoms with E-state index in [1.54, 1.807) is 15.4 Å². The number of fused-ring (bicyclic) bond motifs is 1. The number of aromatic nitrogens is 5. The van der Waals surface area contributed by atoms with Crippen LogP contribution in [0.25, 0.3) is 11.5 Å². The predicted octanol–water partition coefficient (Wildman–Crippen LogP) is 2.29. The largest absolute Gasteiger partial charge is 0.234 e. The summed E-state index contributed by atoms with van der Waals surface area (Å²) in [6, 6.07) is 3.91. The molecule has 0 aliphatic rings. The second kappa shape index (κ2) is 3.66. The van der Waals surface area contributed by atoms with E-state index in [2.05, 4.69) is 31.1 Å². The van der Waals surface area contributed by atoms with Crippen LogP contribution in [0.4, 0.5) is 0 Å². The van der Waals surface area contributed by atoms with E-state index in [1.807, 2.05) is 32.2 Å². The van der Waals surface area contributed by atoms with Crippen molar-refractivity contribution in [3.8, 4) is 5.82 Å². The lowest BCUT2D eigenvalue weighted by Crippen LogP contribution is -2.06. The van der Waals surface area contributed by atoms with Gasteiger partial charge in [0, 0.05) is 24.0 Å². The summed E-state index contributed by atoms with van der Waals surface area (Å²) < 4.78 is 4.50. The summed E-state index contributed by atoms with van der Waals surface area (Å²) in [6.45, 7) is 3.91. The first-order valence-corrected chi connectivity index (χ1v) is 5.97. The van der Waals surface area contributed by atoms with Crippen LogP contribution in [0.1, 0.15) is 11.4 Å². The van der Waals surface area contributed by atoms with Crippen molar-refractivity contribution in [2.75, 3.05) is 0 Å². The van der Waals surface area contributed by atoms with E-state index in [0.717, 1.165) is 27.3 Å². The molecule has 17 heavy (non-hydrogen) atoms. The highest BCUT2D eigenvalue weighted by molar-refractivity contribution is 9.10. The summed E-state index contributed by atoms with van der Waals surface area (Å²) in [5.74, 6) is 0.881. The van der Waals surface area contributed by atoms with Gasteiger partial charge >= 0.3 is 0 Å². The predicted molar refractivity (Wildman–Crippen MR) is 67.3 cm³/mol. The lowest BCUT2D eigenvalue weighted by atomic mass is 10.4. The van der Waals surface area contributed by atoms with Crippen LogP contribution in [0, 0.1) is 13.8 Å². The highest BCUT2D eigenvalue weighted by Crippen LogP contribution is 2.15. The minimum Gasteiger partial charge on any atom is -0.234 e. The first-order valence-electron chi connectivity index (χ1n) is 5.18. The van der Waals surface area contributed by atoms with Gasteiger partial charge in [-0.05, 0) is 29.8 Å². The minimum atomic E-state index is 0.837. The molecular weight excluding hydrogens is 282 g/mol. The van der Waals surface area contributed by atoms with Crippen molar-refractivity contribution in [2.24, 2.45) is 0 Å². The molecule has 0 N–H and O–H groups in total. The first-order chi connectivity index (χ1) is 8.13. The Morgan fingerprint density at radius 2 is 2.00 bits per heavy atom. The molecule has 0 atom stereocenters. The Balaban J connectivity index is 2.34. The number of hydrogen-bond donors (Lipinski definition) is 0. The van der Waals surface area contributed by atoms with Gasteiger partial charge in [0.2, 0.25) is 0 Å². The van der Waals surface area contributed by atoms with Crippen molar-refractivity contribution in [2.45, 2.75) is 13.8 Å². The van der Waals surface area contributed by atoms with Gasteiger partial charge in [-0.3, -0.25) is 0 Å². The van der Waals surface area contributed by atoms with Gasteiger partial charge < -0.3 is 0 Å². The minimum absolute atomic E-state index is 0.837. The summed E-state index contributed by atoms with van der Waals surface area (Å²) in [6.07, 6.45) is 3.64. The quantitative estimate of drug-likeness (QED) is 0.691. The maximum atomic E-state index is 4.44. The molecule has 3 rings (SSSR count). The van der Waals surface area contributed by atoms with E-state index in [-0.39, 0.29) is 0 Å². The van der Waals surface area contributed by atoms with E-state index >= 15 is 0 Å². The van der Waals surface area contributed by atoms with Crippen molar-refractivity contribution < 1.29 is 0 Å². The fraction of sp³-hybridized carbons (Fsp3) is 0.182. The second-order valence-corrected chi connectivity index (χ2v) is 4.83. The van der Waals surface area contributed by atoms with Crippen molar-refractivity contribution in [3.05, 3.63) is 40.4 Å². The Kier molecular flexibility index (Phi) is 2.25. The molecule has 0 amide bonds. The maximum absolute atomic E-state index is 4.44. The van der Waals surface area contributed by atoms with Crippen LogP contribution in [0.15, 0.2) is 29.0 Å². The Morgan fingerprint density at radius 1 is 1.18 bits per heavy atom. The number of rotatable bonds is 1. The first kappa shape index (κ1) is 10.5. The summed E-state index contributed by atoms with van der Waals surface area (Å²) in [5.41, 5.74) is 2.72. The summed E-state index contributed by atoms with van der Waals surface area (Å²) in [7, 11) is 0.